The second kappa shape index (κ2) is 8.92. The molecule has 0 radical (unpaired) electrons. The van der Waals surface area contributed by atoms with E-state index in [0.717, 1.165) is 19.0 Å². The molecule has 0 saturated carbocycles. The number of nitrogens with one attached hydrogen (secondary N) is 2. The van der Waals surface area contributed by atoms with Crippen LogP contribution in [-0.4, -0.2) is 37.0 Å². The Morgan fingerprint density at radius 3 is 2.26 bits per heavy atom. The quantitative estimate of drug-likeness (QED) is 0.626. The molecule has 1 saturated heterocycles. The van der Waals surface area contributed by atoms with Crippen molar-refractivity contribution in [2.24, 2.45) is 10.9 Å². The molecule has 1 unspecified atom stereocenters. The molecule has 0 spiro atoms. The molecule has 0 aliphatic carbocycles. The molecule has 4 nitrogen and oxygen atoms in total. The third-order valence-electron chi connectivity index (χ3n) is 4.68. The van der Waals surface area contributed by atoms with Crippen LogP contribution in [0.2, 0.25) is 0 Å². The fraction of sp³-hybridized carbons (Fsp3) is 0.632. The summed E-state index contributed by atoms with van der Waals surface area (Å²) < 4.78 is 0. The predicted molar refractivity (Wildman–Crippen MR) is 98.6 cm³/mol. The summed E-state index contributed by atoms with van der Waals surface area (Å²) in [6.45, 7) is 11.0. The van der Waals surface area contributed by atoms with Crippen molar-refractivity contribution in [2.75, 3.05) is 20.1 Å². The Morgan fingerprint density at radius 2 is 1.70 bits per heavy atom. The largest absolute Gasteiger partial charge is 0.354 e. The maximum absolute atomic E-state index is 4.30. The highest BCUT2D eigenvalue weighted by Crippen LogP contribution is 2.13. The molecule has 2 N–H and O–H groups in total. The first-order valence-corrected chi connectivity index (χ1v) is 8.86. The number of benzene rings is 1. The third kappa shape index (κ3) is 5.87. The molecule has 0 amide bonds. The van der Waals surface area contributed by atoms with Gasteiger partial charge in [0.05, 0.1) is 0 Å². The van der Waals surface area contributed by atoms with Gasteiger partial charge in [-0.25, -0.2) is 0 Å². The Bertz CT molecular complexity index is 487. The lowest BCUT2D eigenvalue weighted by molar-refractivity contribution is 0.331. The number of hydrogen-bond donors (Lipinski definition) is 2. The molecule has 4 heteroatoms. The number of nitrogens with zero attached hydrogens (tertiary/aromatic N) is 2. The smallest absolute Gasteiger partial charge is 0.191 e. The highest BCUT2D eigenvalue weighted by molar-refractivity contribution is 5.79. The van der Waals surface area contributed by atoms with Crippen molar-refractivity contribution in [1.82, 2.24) is 15.5 Å². The van der Waals surface area contributed by atoms with Crippen LogP contribution in [-0.2, 0) is 13.1 Å². The topological polar surface area (TPSA) is 39.7 Å². The fourth-order valence-electron chi connectivity index (χ4n) is 2.72. The van der Waals surface area contributed by atoms with E-state index in [0.29, 0.717) is 12.0 Å². The standard InChI is InChI=1S/C19H32N4/c1-15(2)16(3)22-19(20-4)21-13-17-7-9-18(10-8-17)14-23-11-5-6-12-23/h7-10,15-16H,5-6,11-14H2,1-4H3,(H2,20,21,22). The Labute approximate surface area is 141 Å². The Kier molecular flexibility index (Phi) is 6.90. The van der Waals surface area contributed by atoms with E-state index in [1.54, 1.807) is 0 Å². The first-order chi connectivity index (χ1) is 11.1. The minimum atomic E-state index is 0.407. The second-order valence-electron chi connectivity index (χ2n) is 6.90. The van der Waals surface area contributed by atoms with Gasteiger partial charge in [0.2, 0.25) is 0 Å². The monoisotopic (exact) mass is 316 g/mol. The van der Waals surface area contributed by atoms with Crippen LogP contribution in [0, 0.1) is 5.92 Å². The highest BCUT2D eigenvalue weighted by atomic mass is 15.2. The lowest BCUT2D eigenvalue weighted by Gasteiger charge is -2.21. The van der Waals surface area contributed by atoms with Crippen molar-refractivity contribution in [3.05, 3.63) is 35.4 Å². The minimum Gasteiger partial charge on any atom is -0.354 e. The van der Waals surface area contributed by atoms with Gasteiger partial charge in [-0.3, -0.25) is 9.89 Å². The van der Waals surface area contributed by atoms with E-state index in [-0.39, 0.29) is 0 Å². The lowest BCUT2D eigenvalue weighted by Crippen LogP contribution is -2.43. The van der Waals surface area contributed by atoms with Crippen LogP contribution in [0.3, 0.4) is 0 Å². The van der Waals surface area contributed by atoms with Gasteiger partial charge in [0, 0.05) is 26.2 Å². The summed E-state index contributed by atoms with van der Waals surface area (Å²) in [6.07, 6.45) is 2.70. The molecule has 1 fully saturated rings. The van der Waals surface area contributed by atoms with Gasteiger partial charge in [0.1, 0.15) is 0 Å². The van der Waals surface area contributed by atoms with Gasteiger partial charge in [0.15, 0.2) is 5.96 Å². The van der Waals surface area contributed by atoms with Gasteiger partial charge < -0.3 is 10.6 Å². The molecule has 0 bridgehead atoms. The van der Waals surface area contributed by atoms with E-state index < -0.39 is 0 Å². The zero-order valence-corrected chi connectivity index (χ0v) is 15.1. The highest BCUT2D eigenvalue weighted by Gasteiger charge is 2.11. The molecule has 1 aliphatic rings. The average Bonchev–Trinajstić information content (AvgIpc) is 3.05. The molecule has 1 aromatic rings. The molecule has 1 aromatic carbocycles. The summed E-state index contributed by atoms with van der Waals surface area (Å²) in [4.78, 5) is 6.83. The molecule has 23 heavy (non-hydrogen) atoms. The van der Waals surface area contributed by atoms with Crippen molar-refractivity contribution >= 4 is 5.96 Å². The molecule has 2 rings (SSSR count). The summed E-state index contributed by atoms with van der Waals surface area (Å²) >= 11 is 0. The fourth-order valence-corrected chi connectivity index (χ4v) is 2.72. The molecule has 1 atom stereocenters. The van der Waals surface area contributed by atoms with Crippen LogP contribution in [0.5, 0.6) is 0 Å². The molecular weight excluding hydrogens is 284 g/mol. The van der Waals surface area contributed by atoms with E-state index in [2.05, 4.69) is 65.6 Å². The zero-order chi connectivity index (χ0) is 16.7. The predicted octanol–water partition coefficient (Wildman–Crippen LogP) is 2.99. The van der Waals surface area contributed by atoms with Crippen LogP contribution in [0.15, 0.2) is 29.3 Å². The van der Waals surface area contributed by atoms with Gasteiger partial charge in [-0.1, -0.05) is 38.1 Å². The summed E-state index contributed by atoms with van der Waals surface area (Å²) in [6, 6.07) is 9.35. The number of likely N-dealkylation sites (tertiary alicyclic amines) is 1. The number of aliphatic imine (C=N–C) groups is 1. The van der Waals surface area contributed by atoms with Crippen molar-refractivity contribution < 1.29 is 0 Å². The van der Waals surface area contributed by atoms with Crippen LogP contribution < -0.4 is 10.6 Å². The molecule has 128 valence electrons. The maximum atomic E-state index is 4.30. The van der Waals surface area contributed by atoms with Gasteiger partial charge in [-0.05, 0) is 49.9 Å². The summed E-state index contributed by atoms with van der Waals surface area (Å²) in [5, 5.41) is 6.82. The maximum Gasteiger partial charge on any atom is 0.191 e. The Balaban J connectivity index is 1.80. The van der Waals surface area contributed by atoms with Crippen molar-refractivity contribution in [1.29, 1.82) is 0 Å². The van der Waals surface area contributed by atoms with E-state index in [1.165, 1.54) is 37.1 Å². The molecule has 0 aromatic heterocycles. The Hall–Kier alpha value is -1.55. The van der Waals surface area contributed by atoms with Crippen molar-refractivity contribution in [3.63, 3.8) is 0 Å². The zero-order valence-electron chi connectivity index (χ0n) is 15.1. The van der Waals surface area contributed by atoms with Crippen molar-refractivity contribution in [3.8, 4) is 0 Å². The summed E-state index contributed by atoms with van der Waals surface area (Å²) in [5.74, 6) is 1.45. The van der Waals surface area contributed by atoms with Crippen LogP contribution >= 0.6 is 0 Å². The van der Waals surface area contributed by atoms with Gasteiger partial charge in [-0.15, -0.1) is 0 Å². The van der Waals surface area contributed by atoms with Gasteiger partial charge in [-0.2, -0.15) is 0 Å². The summed E-state index contributed by atoms with van der Waals surface area (Å²) in [5.41, 5.74) is 2.70. The number of guanidine groups is 1. The van der Waals surface area contributed by atoms with Gasteiger partial charge >= 0.3 is 0 Å². The second-order valence-corrected chi connectivity index (χ2v) is 6.90. The van der Waals surface area contributed by atoms with E-state index in [4.69, 9.17) is 0 Å². The summed E-state index contributed by atoms with van der Waals surface area (Å²) in [7, 11) is 1.82. The van der Waals surface area contributed by atoms with E-state index >= 15 is 0 Å². The minimum absolute atomic E-state index is 0.407. The van der Waals surface area contributed by atoms with E-state index in [1.807, 2.05) is 7.05 Å². The van der Waals surface area contributed by atoms with Gasteiger partial charge in [0.25, 0.3) is 0 Å². The SMILES string of the molecule is CN=C(NCc1ccc(CN2CCCC2)cc1)NC(C)C(C)C. The first kappa shape index (κ1) is 17.8. The molecular formula is C19H32N4. The lowest BCUT2D eigenvalue weighted by atomic mass is 10.1. The third-order valence-corrected chi connectivity index (χ3v) is 4.68. The van der Waals surface area contributed by atoms with Crippen LogP contribution in [0.1, 0.15) is 44.7 Å². The number of rotatable bonds is 6. The normalized spacial score (nSPS) is 17.5. The Morgan fingerprint density at radius 1 is 1.09 bits per heavy atom. The van der Waals surface area contributed by atoms with Crippen LogP contribution in [0.25, 0.3) is 0 Å². The molecule has 1 heterocycles. The van der Waals surface area contributed by atoms with Crippen molar-refractivity contribution in [2.45, 2.75) is 52.7 Å². The molecule has 1 aliphatic heterocycles. The van der Waals surface area contributed by atoms with E-state index in [9.17, 15) is 0 Å². The van der Waals surface area contributed by atoms with Crippen LogP contribution in [0.4, 0.5) is 0 Å². The average molecular weight is 316 g/mol. The first-order valence-electron chi connectivity index (χ1n) is 8.86. The number of hydrogen-bond acceptors (Lipinski definition) is 2.